The molecule has 0 aliphatic carbocycles. The summed E-state index contributed by atoms with van der Waals surface area (Å²) in [6.45, 7) is 7.69. The van der Waals surface area contributed by atoms with Crippen molar-refractivity contribution in [1.29, 1.82) is 0 Å². The Hall–Kier alpha value is -3.20. The summed E-state index contributed by atoms with van der Waals surface area (Å²) in [6, 6.07) is 14.9. The molecule has 1 aromatic heterocycles. The molecule has 26 heavy (non-hydrogen) atoms. The lowest BCUT2D eigenvalue weighted by atomic mass is 9.99. The second kappa shape index (κ2) is 6.96. The van der Waals surface area contributed by atoms with Gasteiger partial charge in [0.25, 0.3) is 0 Å². The Morgan fingerprint density at radius 2 is 1.73 bits per heavy atom. The van der Waals surface area contributed by atoms with Crippen LogP contribution in [-0.4, -0.2) is 10.4 Å². The highest BCUT2D eigenvalue weighted by Crippen LogP contribution is 2.13. The Labute approximate surface area is 152 Å². The minimum Gasteiger partial charge on any atom is -0.343 e. The van der Waals surface area contributed by atoms with Gasteiger partial charge in [-0.1, -0.05) is 49.1 Å². The first-order valence-electron chi connectivity index (χ1n) is 8.50. The highest BCUT2D eigenvalue weighted by Gasteiger charge is 2.12. The van der Waals surface area contributed by atoms with Crippen molar-refractivity contribution >= 4 is 28.8 Å². The van der Waals surface area contributed by atoms with Gasteiger partial charge in [-0.15, -0.1) is 0 Å². The summed E-state index contributed by atoms with van der Waals surface area (Å²) in [7, 11) is 1.89. The number of nitrogens with zero attached hydrogens (tertiary/aromatic N) is 1. The normalized spacial score (nSPS) is 12.6. The van der Waals surface area contributed by atoms with Crippen molar-refractivity contribution in [1.82, 2.24) is 4.57 Å². The van der Waals surface area contributed by atoms with Crippen molar-refractivity contribution in [2.75, 3.05) is 0 Å². The van der Waals surface area contributed by atoms with Gasteiger partial charge in [-0.3, -0.25) is 9.59 Å². The molecule has 0 fully saturated rings. The first-order chi connectivity index (χ1) is 12.5. The summed E-state index contributed by atoms with van der Waals surface area (Å²) in [5.41, 5.74) is 2.67. The van der Waals surface area contributed by atoms with Gasteiger partial charge in [0.1, 0.15) is 0 Å². The lowest BCUT2D eigenvalue weighted by molar-refractivity contribution is 0.103. The number of Topliss-reactive ketones (excluding diaryl/α,β-unsaturated/α-hetero) is 1. The minimum absolute atomic E-state index is 0.0383. The summed E-state index contributed by atoms with van der Waals surface area (Å²) in [6.07, 6.45) is 3.49. The van der Waals surface area contributed by atoms with Crippen molar-refractivity contribution in [3.63, 3.8) is 0 Å². The van der Waals surface area contributed by atoms with Crippen molar-refractivity contribution in [3.8, 4) is 0 Å². The van der Waals surface area contributed by atoms with Crippen molar-refractivity contribution in [3.05, 3.63) is 92.6 Å². The van der Waals surface area contributed by atoms with Crippen LogP contribution in [0.5, 0.6) is 0 Å². The summed E-state index contributed by atoms with van der Waals surface area (Å²) in [4.78, 5) is 25.6. The van der Waals surface area contributed by atoms with Crippen molar-refractivity contribution in [2.24, 2.45) is 7.05 Å². The number of carbonyl (C=O) groups excluding carboxylic acids is 1. The number of aromatic nitrogens is 1. The van der Waals surface area contributed by atoms with Gasteiger partial charge >= 0.3 is 0 Å². The molecule has 0 atom stereocenters. The van der Waals surface area contributed by atoms with Gasteiger partial charge in [0.05, 0.1) is 10.9 Å². The van der Waals surface area contributed by atoms with Crippen LogP contribution in [0.3, 0.4) is 0 Å². The molecule has 130 valence electrons. The van der Waals surface area contributed by atoms with E-state index in [4.69, 9.17) is 0 Å². The number of pyridine rings is 1. The molecular formula is C23H21NO2. The topological polar surface area (TPSA) is 39.1 Å². The number of aryl methyl sites for hydroxylation is 2. The van der Waals surface area contributed by atoms with Crippen LogP contribution in [0.25, 0.3) is 23.1 Å². The van der Waals surface area contributed by atoms with Gasteiger partial charge < -0.3 is 4.57 Å². The second-order valence-electron chi connectivity index (χ2n) is 6.31. The van der Waals surface area contributed by atoms with Gasteiger partial charge in [0.2, 0.25) is 0 Å². The van der Waals surface area contributed by atoms with Gasteiger partial charge in [-0.05, 0) is 37.6 Å². The Morgan fingerprint density at radius 3 is 2.42 bits per heavy atom. The Kier molecular flexibility index (Phi) is 4.72. The van der Waals surface area contributed by atoms with Gasteiger partial charge in [0.15, 0.2) is 11.2 Å². The molecule has 1 heterocycles. The first kappa shape index (κ1) is 17.6. The standard InChI is InChI=1S/C23H21NO2/c1-5-17-21(24(4)20-13-9-8-12-19(20)23(17)26)14-16(3)22(25)18-11-7-6-10-15(18)2/h5-14H,3H2,1-2,4H3/b17-5+,21-14+. The summed E-state index contributed by atoms with van der Waals surface area (Å²) < 4.78 is 1.93. The van der Waals surface area contributed by atoms with Crippen LogP contribution in [0.15, 0.2) is 65.5 Å². The fourth-order valence-electron chi connectivity index (χ4n) is 3.21. The molecule has 0 aliphatic heterocycles. The molecule has 2 aromatic carbocycles. The SMILES string of the molecule is C=C(/C=c1\c(=C/C)c(=O)c2ccccc2n1C)C(=O)c1ccccc1C. The van der Waals surface area contributed by atoms with Crippen LogP contribution in [0.1, 0.15) is 22.8 Å². The number of benzene rings is 2. The fraction of sp³-hybridized carbons (Fsp3) is 0.130. The summed E-state index contributed by atoms with van der Waals surface area (Å²) in [5, 5.41) is 1.92. The molecule has 0 spiro atoms. The predicted octanol–water partition coefficient (Wildman–Crippen LogP) is 2.87. The highest BCUT2D eigenvalue weighted by molar-refractivity contribution is 6.14. The van der Waals surface area contributed by atoms with E-state index in [1.807, 2.05) is 67.9 Å². The van der Waals surface area contributed by atoms with E-state index in [0.29, 0.717) is 27.1 Å². The monoisotopic (exact) mass is 343 g/mol. The third-order valence-electron chi connectivity index (χ3n) is 4.67. The van der Waals surface area contributed by atoms with Gasteiger partial charge in [-0.2, -0.15) is 0 Å². The summed E-state index contributed by atoms with van der Waals surface area (Å²) in [5.74, 6) is -0.134. The predicted molar refractivity (Wildman–Crippen MR) is 108 cm³/mol. The third-order valence-corrected chi connectivity index (χ3v) is 4.67. The van der Waals surface area contributed by atoms with Crippen LogP contribution in [0.4, 0.5) is 0 Å². The maximum absolute atomic E-state index is 12.8. The zero-order valence-electron chi connectivity index (χ0n) is 15.2. The zero-order chi connectivity index (χ0) is 18.8. The average Bonchev–Trinajstić information content (AvgIpc) is 2.66. The van der Waals surface area contributed by atoms with E-state index in [1.165, 1.54) is 0 Å². The molecule has 0 bridgehead atoms. The maximum atomic E-state index is 12.8. The molecule has 0 saturated carbocycles. The molecule has 0 unspecified atom stereocenters. The van der Waals surface area contributed by atoms with Crippen molar-refractivity contribution in [2.45, 2.75) is 13.8 Å². The van der Waals surface area contributed by atoms with E-state index in [2.05, 4.69) is 6.58 Å². The van der Waals surface area contributed by atoms with Crippen LogP contribution in [0, 0.1) is 6.92 Å². The lowest BCUT2D eigenvalue weighted by Gasteiger charge is -2.09. The fourth-order valence-corrected chi connectivity index (χ4v) is 3.21. The van der Waals surface area contributed by atoms with Gasteiger partial charge in [0, 0.05) is 28.8 Å². The van der Waals surface area contributed by atoms with E-state index in [0.717, 1.165) is 11.1 Å². The largest absolute Gasteiger partial charge is 0.343 e. The van der Waals surface area contributed by atoms with E-state index in [1.54, 1.807) is 18.2 Å². The lowest BCUT2D eigenvalue weighted by Crippen LogP contribution is -2.44. The molecule has 0 saturated heterocycles. The second-order valence-corrected chi connectivity index (χ2v) is 6.31. The highest BCUT2D eigenvalue weighted by atomic mass is 16.1. The number of rotatable bonds is 3. The maximum Gasteiger partial charge on any atom is 0.196 e. The van der Waals surface area contributed by atoms with E-state index in [-0.39, 0.29) is 11.2 Å². The zero-order valence-corrected chi connectivity index (χ0v) is 15.2. The van der Waals surface area contributed by atoms with Crippen LogP contribution in [0.2, 0.25) is 0 Å². The number of allylic oxidation sites excluding steroid dienone is 1. The molecule has 3 heteroatoms. The molecule has 0 aliphatic rings. The molecule has 0 N–H and O–H groups in total. The quantitative estimate of drug-likeness (QED) is 0.542. The van der Waals surface area contributed by atoms with Crippen LogP contribution in [-0.2, 0) is 7.05 Å². The minimum atomic E-state index is -0.134. The number of fused-ring (bicyclic) bond motifs is 1. The Bertz CT molecular complexity index is 1210. The van der Waals surface area contributed by atoms with E-state index in [9.17, 15) is 9.59 Å². The Balaban J connectivity index is 2.27. The number of carbonyl (C=O) groups is 1. The smallest absolute Gasteiger partial charge is 0.196 e. The Morgan fingerprint density at radius 1 is 1.08 bits per heavy atom. The molecule has 3 nitrogen and oxygen atoms in total. The molecule has 0 amide bonds. The average molecular weight is 343 g/mol. The number of para-hydroxylation sites is 1. The van der Waals surface area contributed by atoms with Crippen LogP contribution < -0.4 is 16.0 Å². The van der Waals surface area contributed by atoms with Crippen LogP contribution >= 0.6 is 0 Å². The number of ketones is 1. The van der Waals surface area contributed by atoms with Gasteiger partial charge in [-0.25, -0.2) is 0 Å². The van der Waals surface area contributed by atoms with E-state index < -0.39 is 0 Å². The molecular weight excluding hydrogens is 322 g/mol. The third kappa shape index (κ3) is 2.93. The molecule has 3 aromatic rings. The number of hydrogen-bond donors (Lipinski definition) is 0. The van der Waals surface area contributed by atoms with E-state index >= 15 is 0 Å². The molecule has 0 radical (unpaired) electrons. The number of hydrogen-bond acceptors (Lipinski definition) is 2. The summed E-state index contributed by atoms with van der Waals surface area (Å²) >= 11 is 0. The van der Waals surface area contributed by atoms with Crippen molar-refractivity contribution < 1.29 is 4.79 Å². The molecule has 3 rings (SSSR count). The first-order valence-corrected chi connectivity index (χ1v) is 8.50.